The van der Waals surface area contributed by atoms with Gasteiger partial charge in [0.2, 0.25) is 0 Å². The molecule has 0 aliphatic carbocycles. The minimum absolute atomic E-state index is 0.0406. The number of hydrogen-bond donors (Lipinski definition) is 2. The number of epoxide rings is 1. The van der Waals surface area contributed by atoms with Crippen LogP contribution < -0.4 is 0 Å². The summed E-state index contributed by atoms with van der Waals surface area (Å²) in [6, 6.07) is 21.1. The maximum Gasteiger partial charge on any atom is 0.119 e. The van der Waals surface area contributed by atoms with E-state index in [1.54, 1.807) is 0 Å². The second-order valence-electron chi connectivity index (χ2n) is 10.3. The molecule has 4 nitrogen and oxygen atoms in total. The molecule has 1 fully saturated rings. The van der Waals surface area contributed by atoms with Crippen LogP contribution in [0.1, 0.15) is 88.7 Å². The summed E-state index contributed by atoms with van der Waals surface area (Å²) in [5.41, 5.74) is 2.05. The van der Waals surface area contributed by atoms with Gasteiger partial charge in [0.15, 0.2) is 0 Å². The van der Waals surface area contributed by atoms with E-state index in [1.807, 2.05) is 12.1 Å². The van der Waals surface area contributed by atoms with Gasteiger partial charge in [0.25, 0.3) is 0 Å². The molecule has 0 radical (unpaired) electrons. The summed E-state index contributed by atoms with van der Waals surface area (Å²) in [6.45, 7) is 4.02. The normalized spacial score (nSPS) is 20.3. The van der Waals surface area contributed by atoms with Gasteiger partial charge < -0.3 is 14.9 Å². The van der Waals surface area contributed by atoms with Gasteiger partial charge in [-0.25, -0.2) is 0 Å². The lowest BCUT2D eigenvalue weighted by Gasteiger charge is -2.32. The Kier molecular flexibility index (Phi) is 12.3. The van der Waals surface area contributed by atoms with Crippen molar-refractivity contribution in [2.45, 2.75) is 108 Å². The van der Waals surface area contributed by atoms with Crippen molar-refractivity contribution < 1.29 is 14.9 Å². The van der Waals surface area contributed by atoms with Crippen LogP contribution in [0.3, 0.4) is 0 Å². The van der Waals surface area contributed by atoms with Crippen molar-refractivity contribution in [2.75, 3.05) is 13.2 Å². The van der Waals surface area contributed by atoms with Gasteiger partial charge in [-0.05, 0) is 24.0 Å². The van der Waals surface area contributed by atoms with Crippen LogP contribution >= 0.6 is 0 Å². The molecule has 1 saturated heterocycles. The van der Waals surface area contributed by atoms with Crippen LogP contribution in [-0.2, 0) is 17.8 Å². The molecule has 3 atom stereocenters. The lowest BCUT2D eigenvalue weighted by atomic mass is 9.91. The zero-order chi connectivity index (χ0) is 24.8. The van der Waals surface area contributed by atoms with Crippen molar-refractivity contribution in [3.05, 3.63) is 71.8 Å². The minimum atomic E-state index is -0.452. The lowest BCUT2D eigenvalue weighted by molar-refractivity contribution is 0.116. The SMILES string of the molecule is CCCCCCCCCCCC1(CO)OC1C(CCO)N(Cc1ccccc1)Cc1ccccc1. The van der Waals surface area contributed by atoms with E-state index in [1.165, 1.54) is 62.5 Å². The van der Waals surface area contributed by atoms with Crippen molar-refractivity contribution in [1.29, 1.82) is 0 Å². The first kappa shape index (κ1) is 27.9. The van der Waals surface area contributed by atoms with E-state index >= 15 is 0 Å². The molecule has 1 aliphatic heterocycles. The number of nitrogens with zero attached hydrogens (tertiary/aromatic N) is 1. The molecule has 2 aromatic carbocycles. The van der Waals surface area contributed by atoms with E-state index in [4.69, 9.17) is 4.74 Å². The molecule has 0 saturated carbocycles. The topological polar surface area (TPSA) is 56.2 Å². The molecule has 2 aromatic rings. The Morgan fingerprint density at radius 2 is 1.29 bits per heavy atom. The van der Waals surface area contributed by atoms with Crippen LogP contribution in [0, 0.1) is 0 Å². The third-order valence-electron chi connectivity index (χ3n) is 7.49. The molecule has 1 heterocycles. The average molecular weight is 482 g/mol. The Balaban J connectivity index is 1.58. The number of ether oxygens (including phenoxy) is 1. The van der Waals surface area contributed by atoms with Gasteiger partial charge in [0.1, 0.15) is 11.7 Å². The van der Waals surface area contributed by atoms with Crippen LogP contribution in [0.2, 0.25) is 0 Å². The van der Waals surface area contributed by atoms with Gasteiger partial charge >= 0.3 is 0 Å². The van der Waals surface area contributed by atoms with E-state index < -0.39 is 5.60 Å². The van der Waals surface area contributed by atoms with Crippen molar-refractivity contribution >= 4 is 0 Å². The van der Waals surface area contributed by atoms with Crippen molar-refractivity contribution in [2.24, 2.45) is 0 Å². The Labute approximate surface area is 213 Å². The summed E-state index contributed by atoms with van der Waals surface area (Å²) < 4.78 is 6.29. The van der Waals surface area contributed by atoms with Gasteiger partial charge in [-0.3, -0.25) is 4.90 Å². The predicted molar refractivity (Wildman–Crippen MR) is 144 cm³/mol. The van der Waals surface area contributed by atoms with Crippen LogP contribution in [0.25, 0.3) is 0 Å². The molecule has 3 unspecified atom stereocenters. The highest BCUT2D eigenvalue weighted by Gasteiger charge is 2.59. The van der Waals surface area contributed by atoms with Crippen LogP contribution in [0.5, 0.6) is 0 Å². The second-order valence-corrected chi connectivity index (χ2v) is 10.3. The number of unbranched alkanes of at least 4 members (excludes halogenated alkanes) is 8. The summed E-state index contributed by atoms with van der Waals surface area (Å²) in [5, 5.41) is 20.3. The number of rotatable bonds is 19. The molecule has 4 heteroatoms. The summed E-state index contributed by atoms with van der Waals surface area (Å²) in [7, 11) is 0. The largest absolute Gasteiger partial charge is 0.396 e. The first-order valence-corrected chi connectivity index (χ1v) is 13.9. The molecule has 0 spiro atoms. The van der Waals surface area contributed by atoms with Crippen LogP contribution in [0.4, 0.5) is 0 Å². The number of aliphatic hydroxyl groups excluding tert-OH is 2. The predicted octanol–water partition coefficient (Wildman–Crippen LogP) is 6.49. The molecule has 194 valence electrons. The minimum Gasteiger partial charge on any atom is -0.396 e. The van der Waals surface area contributed by atoms with Gasteiger partial charge in [-0.2, -0.15) is 0 Å². The summed E-state index contributed by atoms with van der Waals surface area (Å²) in [4.78, 5) is 2.43. The third kappa shape index (κ3) is 9.02. The zero-order valence-corrected chi connectivity index (χ0v) is 21.8. The summed E-state index contributed by atoms with van der Waals surface area (Å²) in [5.74, 6) is 0. The zero-order valence-electron chi connectivity index (χ0n) is 21.8. The standard InChI is InChI=1S/C31H47NO3/c1-2-3-4-5-6-7-8-9-16-22-31(26-34)30(35-31)29(21-23-33)32(24-27-17-12-10-13-18-27)25-28-19-14-11-15-20-28/h10-15,17-20,29-30,33-34H,2-9,16,21-26H2,1H3. The maximum atomic E-state index is 10.3. The van der Waals surface area contributed by atoms with Gasteiger partial charge in [-0.15, -0.1) is 0 Å². The molecular weight excluding hydrogens is 434 g/mol. The molecule has 1 aliphatic rings. The van der Waals surface area contributed by atoms with Crippen LogP contribution in [-0.4, -0.2) is 46.1 Å². The van der Waals surface area contributed by atoms with Gasteiger partial charge in [0.05, 0.1) is 6.61 Å². The van der Waals surface area contributed by atoms with Crippen LogP contribution in [0.15, 0.2) is 60.7 Å². The van der Waals surface area contributed by atoms with Crippen molar-refractivity contribution in [3.8, 4) is 0 Å². The van der Waals surface area contributed by atoms with Crippen molar-refractivity contribution in [3.63, 3.8) is 0 Å². The molecule has 0 bridgehead atoms. The second kappa shape index (κ2) is 15.4. The monoisotopic (exact) mass is 481 g/mol. The van der Waals surface area contributed by atoms with E-state index in [0.29, 0.717) is 6.42 Å². The van der Waals surface area contributed by atoms with Crippen molar-refractivity contribution in [1.82, 2.24) is 4.90 Å². The number of aliphatic hydroxyl groups is 2. The molecule has 3 rings (SSSR count). The fourth-order valence-electron chi connectivity index (χ4n) is 5.37. The van der Waals surface area contributed by atoms with E-state index in [-0.39, 0.29) is 25.4 Å². The molecular formula is C31H47NO3. The van der Waals surface area contributed by atoms with E-state index in [0.717, 1.165) is 25.9 Å². The smallest absolute Gasteiger partial charge is 0.119 e. The fraction of sp³-hybridized carbons (Fsp3) is 0.613. The van der Waals surface area contributed by atoms with E-state index in [2.05, 4.69) is 60.4 Å². The molecule has 2 N–H and O–H groups in total. The maximum absolute atomic E-state index is 10.3. The average Bonchev–Trinajstić information content (AvgIpc) is 3.61. The number of benzene rings is 2. The highest BCUT2D eigenvalue weighted by Crippen LogP contribution is 2.45. The highest BCUT2D eigenvalue weighted by molar-refractivity contribution is 5.19. The molecule has 0 aromatic heterocycles. The Morgan fingerprint density at radius 1 is 0.771 bits per heavy atom. The summed E-state index contributed by atoms with van der Waals surface area (Å²) in [6.07, 6.45) is 13.1. The Morgan fingerprint density at radius 3 is 1.77 bits per heavy atom. The number of hydrogen-bond acceptors (Lipinski definition) is 4. The van der Waals surface area contributed by atoms with Gasteiger partial charge in [-0.1, -0.05) is 125 Å². The Hall–Kier alpha value is -1.72. The quantitative estimate of drug-likeness (QED) is 0.178. The first-order valence-electron chi connectivity index (χ1n) is 13.9. The Bertz CT molecular complexity index is 758. The lowest BCUT2D eigenvalue weighted by Crippen LogP contribution is -2.42. The fourth-order valence-corrected chi connectivity index (χ4v) is 5.37. The highest BCUT2D eigenvalue weighted by atomic mass is 16.6. The summed E-state index contributed by atoms with van der Waals surface area (Å²) >= 11 is 0. The first-order chi connectivity index (χ1) is 17.2. The molecule has 35 heavy (non-hydrogen) atoms. The van der Waals surface area contributed by atoms with E-state index in [9.17, 15) is 10.2 Å². The van der Waals surface area contributed by atoms with Gasteiger partial charge in [0, 0.05) is 25.7 Å². The third-order valence-corrected chi connectivity index (χ3v) is 7.49. The molecule has 0 amide bonds.